The molecule has 0 spiro atoms. The van der Waals surface area contributed by atoms with Gasteiger partial charge in [-0.3, -0.25) is 0 Å². The third-order valence-corrected chi connectivity index (χ3v) is 5.99. The largest absolute Gasteiger partial charge is 0.385 e. The van der Waals surface area contributed by atoms with E-state index < -0.39 is 0 Å². The molecule has 0 heterocycles. The van der Waals surface area contributed by atoms with Crippen LogP contribution in [0.25, 0.3) is 23.3 Å². The van der Waals surface area contributed by atoms with Crippen LogP contribution in [0, 0.1) is 0 Å². The van der Waals surface area contributed by atoms with Crippen molar-refractivity contribution in [1.82, 2.24) is 0 Å². The van der Waals surface area contributed by atoms with Gasteiger partial charge in [-0.2, -0.15) is 0 Å². The van der Waals surface area contributed by atoms with Gasteiger partial charge in [0.2, 0.25) is 0 Å². The Morgan fingerprint density at radius 3 is 1.94 bits per heavy atom. The quantitative estimate of drug-likeness (QED) is 0.182. The van der Waals surface area contributed by atoms with E-state index in [-0.39, 0.29) is 0 Å². The van der Waals surface area contributed by atoms with Crippen molar-refractivity contribution >= 4 is 12.2 Å². The Morgan fingerprint density at radius 1 is 0.686 bits per heavy atom. The smallest absolute Gasteiger partial charge is 0.0723 e. The van der Waals surface area contributed by atoms with Gasteiger partial charge in [0.15, 0.2) is 0 Å². The molecule has 2 aromatic rings. The molecule has 4 nitrogen and oxygen atoms in total. The van der Waals surface area contributed by atoms with Crippen molar-refractivity contribution in [3.05, 3.63) is 71.8 Å². The van der Waals surface area contributed by atoms with Crippen LogP contribution in [0.2, 0.25) is 0 Å². The lowest BCUT2D eigenvalue weighted by Gasteiger charge is -2.16. The first kappa shape index (κ1) is 29.0. The second-order valence-electron chi connectivity index (χ2n) is 8.82. The van der Waals surface area contributed by atoms with Gasteiger partial charge in [0.05, 0.1) is 13.2 Å². The standard InChI is InChI=1S/C31H44O4/c1-5-26-21-27(24-34-19-13-9-11-18-33-4)23-30(22-26)31-28(6-2)15-14-16-29(31)25-35-20-12-8-7-10-17-32-3/h5-6,14-16,21-23H,1-2,7-13,17-20,24-25H2,3-4H3. The highest BCUT2D eigenvalue weighted by Gasteiger charge is 2.12. The summed E-state index contributed by atoms with van der Waals surface area (Å²) in [5.41, 5.74) is 6.84. The molecule has 0 amide bonds. The van der Waals surface area contributed by atoms with E-state index in [9.17, 15) is 0 Å². The summed E-state index contributed by atoms with van der Waals surface area (Å²) in [5.74, 6) is 0. The van der Waals surface area contributed by atoms with Crippen molar-refractivity contribution in [3.8, 4) is 11.1 Å². The molecule has 4 heteroatoms. The lowest BCUT2D eigenvalue weighted by atomic mass is 9.92. The van der Waals surface area contributed by atoms with Crippen molar-refractivity contribution in [3.63, 3.8) is 0 Å². The van der Waals surface area contributed by atoms with Gasteiger partial charge in [-0.1, -0.05) is 56.4 Å². The van der Waals surface area contributed by atoms with Crippen molar-refractivity contribution in [2.24, 2.45) is 0 Å². The van der Waals surface area contributed by atoms with E-state index in [2.05, 4.69) is 49.6 Å². The second-order valence-corrected chi connectivity index (χ2v) is 8.82. The van der Waals surface area contributed by atoms with Gasteiger partial charge in [0.25, 0.3) is 0 Å². The molecule has 0 saturated carbocycles. The number of methoxy groups -OCH3 is 2. The molecule has 0 saturated heterocycles. The molecule has 2 rings (SSSR count). The molecule has 0 unspecified atom stereocenters. The molecule has 0 aromatic heterocycles. The number of rotatable bonds is 20. The van der Waals surface area contributed by atoms with Crippen LogP contribution in [0.15, 0.2) is 49.6 Å². The van der Waals surface area contributed by atoms with E-state index in [1.54, 1.807) is 14.2 Å². The van der Waals surface area contributed by atoms with Crippen LogP contribution in [0.3, 0.4) is 0 Å². The van der Waals surface area contributed by atoms with Gasteiger partial charge in [-0.25, -0.2) is 0 Å². The normalized spacial score (nSPS) is 11.0. The topological polar surface area (TPSA) is 36.9 Å². The molecule has 0 fully saturated rings. The Kier molecular flexibility index (Phi) is 15.0. The van der Waals surface area contributed by atoms with Gasteiger partial charge in [0, 0.05) is 40.6 Å². The van der Waals surface area contributed by atoms with Crippen LogP contribution in [-0.2, 0) is 32.2 Å². The molecule has 2 aromatic carbocycles. The Balaban J connectivity index is 2.05. The van der Waals surface area contributed by atoms with Gasteiger partial charge in [-0.15, -0.1) is 0 Å². The predicted octanol–water partition coefficient (Wildman–Crippen LogP) is 7.70. The fourth-order valence-corrected chi connectivity index (χ4v) is 4.13. The molecule has 0 aliphatic heterocycles. The number of unbranched alkanes of at least 4 members (excludes halogenated alkanes) is 5. The summed E-state index contributed by atoms with van der Waals surface area (Å²) in [7, 11) is 3.50. The summed E-state index contributed by atoms with van der Waals surface area (Å²) < 4.78 is 22.3. The Labute approximate surface area is 212 Å². The van der Waals surface area contributed by atoms with E-state index in [0.29, 0.717) is 13.2 Å². The molecule has 0 radical (unpaired) electrons. The maximum absolute atomic E-state index is 6.08. The minimum absolute atomic E-state index is 0.584. The number of hydrogen-bond acceptors (Lipinski definition) is 4. The van der Waals surface area contributed by atoms with E-state index >= 15 is 0 Å². The highest BCUT2D eigenvalue weighted by molar-refractivity contribution is 5.79. The van der Waals surface area contributed by atoms with Crippen LogP contribution in [0.5, 0.6) is 0 Å². The first-order chi connectivity index (χ1) is 17.2. The molecule has 192 valence electrons. The number of ether oxygens (including phenoxy) is 4. The zero-order valence-corrected chi connectivity index (χ0v) is 21.9. The van der Waals surface area contributed by atoms with E-state index in [1.165, 1.54) is 24.0 Å². The van der Waals surface area contributed by atoms with Gasteiger partial charge in [0.1, 0.15) is 0 Å². The molecular formula is C31H44O4. The summed E-state index contributed by atoms with van der Waals surface area (Å²) in [6.07, 6.45) is 11.6. The SMILES string of the molecule is C=Cc1cc(COCCCCCOC)cc(-c2c(C=C)cccc2COCCCCCCOC)c1. The minimum Gasteiger partial charge on any atom is -0.385 e. The third kappa shape index (κ3) is 10.9. The fraction of sp³-hybridized carbons (Fsp3) is 0.484. The zero-order valence-electron chi connectivity index (χ0n) is 21.9. The van der Waals surface area contributed by atoms with E-state index in [1.807, 2.05) is 12.2 Å². The molecule has 0 aliphatic rings. The van der Waals surface area contributed by atoms with Crippen molar-refractivity contribution in [2.75, 3.05) is 40.6 Å². The van der Waals surface area contributed by atoms with E-state index in [0.717, 1.165) is 80.8 Å². The first-order valence-electron chi connectivity index (χ1n) is 12.9. The maximum atomic E-state index is 6.08. The second kappa shape index (κ2) is 18.1. The first-order valence-corrected chi connectivity index (χ1v) is 12.9. The third-order valence-electron chi connectivity index (χ3n) is 5.99. The average molecular weight is 481 g/mol. The van der Waals surface area contributed by atoms with Crippen LogP contribution in [0.1, 0.15) is 67.2 Å². The van der Waals surface area contributed by atoms with Gasteiger partial charge in [-0.05, 0) is 83.7 Å². The lowest BCUT2D eigenvalue weighted by Crippen LogP contribution is -2.01. The predicted molar refractivity (Wildman–Crippen MR) is 147 cm³/mol. The molecule has 0 aliphatic carbocycles. The summed E-state index contributed by atoms with van der Waals surface area (Å²) in [6, 6.07) is 12.9. The summed E-state index contributed by atoms with van der Waals surface area (Å²) in [4.78, 5) is 0. The van der Waals surface area contributed by atoms with Gasteiger partial charge < -0.3 is 18.9 Å². The van der Waals surface area contributed by atoms with Crippen molar-refractivity contribution in [2.45, 2.75) is 58.2 Å². The van der Waals surface area contributed by atoms with Crippen molar-refractivity contribution < 1.29 is 18.9 Å². The summed E-state index contributed by atoms with van der Waals surface area (Å²) in [6.45, 7) is 12.4. The van der Waals surface area contributed by atoms with Crippen LogP contribution in [0.4, 0.5) is 0 Å². The number of hydrogen-bond donors (Lipinski definition) is 0. The molecule has 0 N–H and O–H groups in total. The zero-order chi connectivity index (χ0) is 25.1. The van der Waals surface area contributed by atoms with E-state index in [4.69, 9.17) is 18.9 Å². The lowest BCUT2D eigenvalue weighted by molar-refractivity contribution is 0.114. The monoisotopic (exact) mass is 480 g/mol. The molecule has 0 atom stereocenters. The number of benzene rings is 2. The van der Waals surface area contributed by atoms with Gasteiger partial charge >= 0.3 is 0 Å². The summed E-state index contributed by atoms with van der Waals surface area (Å²) >= 11 is 0. The summed E-state index contributed by atoms with van der Waals surface area (Å²) in [5, 5.41) is 0. The maximum Gasteiger partial charge on any atom is 0.0723 e. The minimum atomic E-state index is 0.584. The Hall–Kier alpha value is -2.24. The van der Waals surface area contributed by atoms with Crippen molar-refractivity contribution in [1.29, 1.82) is 0 Å². The Morgan fingerprint density at radius 2 is 1.31 bits per heavy atom. The molecular weight excluding hydrogens is 436 g/mol. The highest BCUT2D eigenvalue weighted by Crippen LogP contribution is 2.31. The van der Waals surface area contributed by atoms with Crippen LogP contribution >= 0.6 is 0 Å². The fourth-order valence-electron chi connectivity index (χ4n) is 4.13. The average Bonchev–Trinajstić information content (AvgIpc) is 2.89. The van der Waals surface area contributed by atoms with Crippen LogP contribution in [-0.4, -0.2) is 40.6 Å². The molecule has 0 bridgehead atoms. The highest BCUT2D eigenvalue weighted by atomic mass is 16.5. The molecule has 35 heavy (non-hydrogen) atoms. The Bertz CT molecular complexity index is 874. The van der Waals surface area contributed by atoms with Crippen LogP contribution < -0.4 is 0 Å².